The summed E-state index contributed by atoms with van der Waals surface area (Å²) in [6.45, 7) is 0. The molecule has 19 heavy (non-hydrogen) atoms. The summed E-state index contributed by atoms with van der Waals surface area (Å²) in [6, 6.07) is 0. The molecule has 0 aliphatic heterocycles. The summed E-state index contributed by atoms with van der Waals surface area (Å²) in [7, 11) is 0. The van der Waals surface area contributed by atoms with Crippen LogP contribution in [0.3, 0.4) is 0 Å². The van der Waals surface area contributed by atoms with E-state index in [4.69, 9.17) is 0 Å². The molecule has 0 atom stereocenters. The predicted octanol–water partition coefficient (Wildman–Crippen LogP) is 4.50. The second kappa shape index (κ2) is 5.49. The molecule has 4 fully saturated rings. The van der Waals surface area contributed by atoms with Gasteiger partial charge in [0.05, 0.1) is 0 Å². The van der Waals surface area contributed by atoms with E-state index in [1.165, 1.54) is 19.3 Å². The van der Waals surface area contributed by atoms with Crippen molar-refractivity contribution in [2.45, 2.75) is 63.7 Å². The molecule has 0 heterocycles. The molecule has 105 valence electrons. The fourth-order valence-electron chi connectivity index (χ4n) is 5.14. The Morgan fingerprint density at radius 1 is 0.947 bits per heavy atom. The maximum atomic E-state index is 13.1. The van der Waals surface area contributed by atoms with E-state index >= 15 is 0 Å². The van der Waals surface area contributed by atoms with Crippen LogP contribution >= 0.6 is 0 Å². The minimum Gasteiger partial charge on any atom is -0.204 e. The van der Waals surface area contributed by atoms with Gasteiger partial charge in [-0.25, -0.2) is 17.6 Å². The van der Waals surface area contributed by atoms with E-state index < -0.39 is 18.8 Å². The van der Waals surface area contributed by atoms with Crippen molar-refractivity contribution in [2.24, 2.45) is 23.2 Å². The van der Waals surface area contributed by atoms with Crippen molar-refractivity contribution in [3.8, 4) is 0 Å². The molecular formula is C14H20F4Na. The molecule has 0 unspecified atom stereocenters. The summed E-state index contributed by atoms with van der Waals surface area (Å²) in [5.74, 6) is -1.71. The van der Waals surface area contributed by atoms with E-state index in [1.807, 2.05) is 0 Å². The Kier molecular flexibility index (Phi) is 4.65. The predicted molar refractivity (Wildman–Crippen MR) is 66.5 cm³/mol. The number of hydrogen-bond acceptors (Lipinski definition) is 0. The maximum Gasteiger partial charge on any atom is 0.307 e. The molecule has 4 saturated carbocycles. The van der Waals surface area contributed by atoms with Crippen molar-refractivity contribution in [3.05, 3.63) is 0 Å². The van der Waals surface area contributed by atoms with Crippen LogP contribution in [-0.4, -0.2) is 41.9 Å². The molecule has 0 aromatic heterocycles. The molecule has 0 nitrogen and oxygen atoms in total. The molecule has 4 aliphatic carbocycles. The minimum absolute atomic E-state index is 0. The largest absolute Gasteiger partial charge is 0.307 e. The Morgan fingerprint density at radius 3 is 1.74 bits per heavy atom. The summed E-state index contributed by atoms with van der Waals surface area (Å²) < 4.78 is 50.6. The number of alkyl halides is 4. The number of hydrogen-bond donors (Lipinski definition) is 0. The van der Waals surface area contributed by atoms with Gasteiger partial charge in [0.25, 0.3) is 0 Å². The van der Waals surface area contributed by atoms with Crippen LogP contribution in [0.5, 0.6) is 0 Å². The second-order valence-electron chi connectivity index (χ2n) is 6.98. The van der Waals surface area contributed by atoms with Crippen LogP contribution in [-0.2, 0) is 0 Å². The molecule has 0 amide bonds. The van der Waals surface area contributed by atoms with E-state index in [-0.39, 0.29) is 35.0 Å². The third-order valence-corrected chi connectivity index (χ3v) is 5.47. The summed E-state index contributed by atoms with van der Waals surface area (Å²) in [5.41, 5.74) is -0.0208. The van der Waals surface area contributed by atoms with Gasteiger partial charge < -0.3 is 0 Å². The first kappa shape index (κ1) is 16.1. The topological polar surface area (TPSA) is 0 Å². The maximum absolute atomic E-state index is 13.1. The van der Waals surface area contributed by atoms with Crippen LogP contribution < -0.4 is 0 Å². The first-order chi connectivity index (χ1) is 8.39. The van der Waals surface area contributed by atoms with Gasteiger partial charge in [-0.3, -0.25) is 0 Å². The second-order valence-corrected chi connectivity index (χ2v) is 6.98. The average Bonchev–Trinajstić information content (AvgIpc) is 2.24. The van der Waals surface area contributed by atoms with Gasteiger partial charge >= 0.3 is 12.3 Å². The zero-order valence-corrected chi connectivity index (χ0v) is 13.5. The van der Waals surface area contributed by atoms with Gasteiger partial charge in [0.1, 0.15) is 0 Å². The molecule has 0 aromatic carbocycles. The van der Waals surface area contributed by atoms with E-state index in [1.54, 1.807) is 0 Å². The first-order valence-corrected chi connectivity index (χ1v) is 7.05. The quantitative estimate of drug-likeness (QED) is 0.527. The monoisotopic (exact) mass is 287 g/mol. The van der Waals surface area contributed by atoms with Gasteiger partial charge in [-0.2, -0.15) is 0 Å². The molecule has 5 heteroatoms. The molecule has 4 aliphatic rings. The van der Waals surface area contributed by atoms with Crippen LogP contribution in [0.4, 0.5) is 17.6 Å². The molecule has 0 aromatic rings. The average molecular weight is 287 g/mol. The smallest absolute Gasteiger partial charge is 0.204 e. The van der Waals surface area contributed by atoms with Crippen LogP contribution in [0.2, 0.25) is 0 Å². The Balaban J connectivity index is 0.00000133. The van der Waals surface area contributed by atoms with Gasteiger partial charge in [-0.15, -0.1) is 0 Å². The molecular weight excluding hydrogens is 267 g/mol. The summed E-state index contributed by atoms with van der Waals surface area (Å²) in [4.78, 5) is 0. The van der Waals surface area contributed by atoms with E-state index in [9.17, 15) is 17.6 Å². The summed E-state index contributed by atoms with van der Waals surface area (Å²) >= 11 is 0. The van der Waals surface area contributed by atoms with Gasteiger partial charge in [0.15, 0.2) is 0 Å². The van der Waals surface area contributed by atoms with Crippen molar-refractivity contribution in [2.75, 3.05) is 0 Å². The Hall–Kier alpha value is 0.720. The molecule has 4 bridgehead atoms. The van der Waals surface area contributed by atoms with Crippen molar-refractivity contribution in [1.82, 2.24) is 0 Å². The standard InChI is InChI=1S/C14H20F4.Na/c15-12(16)14(17,18)2-1-13-6-9-3-10(7-13)5-11(4-9)8-13;/h9-12H,1-8H2;. The third kappa shape index (κ3) is 3.16. The molecule has 0 saturated heterocycles. The van der Waals surface area contributed by atoms with Crippen LogP contribution in [0.1, 0.15) is 51.4 Å². The fourth-order valence-corrected chi connectivity index (χ4v) is 5.14. The zero-order chi connectivity index (χ0) is 13.0. The molecule has 0 spiro atoms. The van der Waals surface area contributed by atoms with E-state index in [2.05, 4.69) is 0 Å². The van der Waals surface area contributed by atoms with Gasteiger partial charge in [0.2, 0.25) is 0 Å². The third-order valence-electron chi connectivity index (χ3n) is 5.47. The van der Waals surface area contributed by atoms with Gasteiger partial charge in [-0.05, 0) is 68.1 Å². The zero-order valence-electron chi connectivity index (χ0n) is 11.5. The minimum atomic E-state index is -3.79. The Labute approximate surface area is 134 Å². The van der Waals surface area contributed by atoms with Gasteiger partial charge in [-0.1, -0.05) is 0 Å². The fraction of sp³-hybridized carbons (Fsp3) is 1.00. The molecule has 1 radical (unpaired) electrons. The molecule has 0 N–H and O–H groups in total. The molecule has 4 rings (SSSR count). The van der Waals surface area contributed by atoms with Crippen LogP contribution in [0.25, 0.3) is 0 Å². The normalized spacial score (nSPS) is 40.6. The van der Waals surface area contributed by atoms with E-state index in [0.717, 1.165) is 19.3 Å². The van der Waals surface area contributed by atoms with Crippen molar-refractivity contribution in [3.63, 3.8) is 0 Å². The van der Waals surface area contributed by atoms with Gasteiger partial charge in [0, 0.05) is 36.0 Å². The number of rotatable bonds is 4. The summed E-state index contributed by atoms with van der Waals surface area (Å²) in [6.07, 6.45) is 2.96. The Bertz CT molecular complexity index is 294. The first-order valence-electron chi connectivity index (χ1n) is 7.05. The van der Waals surface area contributed by atoms with Crippen molar-refractivity contribution >= 4 is 29.6 Å². The summed E-state index contributed by atoms with van der Waals surface area (Å²) in [5, 5.41) is 0. The number of halogens is 4. The van der Waals surface area contributed by atoms with Crippen LogP contribution in [0, 0.1) is 23.2 Å². The van der Waals surface area contributed by atoms with Crippen molar-refractivity contribution in [1.29, 1.82) is 0 Å². The van der Waals surface area contributed by atoms with Crippen molar-refractivity contribution < 1.29 is 17.6 Å². The Morgan fingerprint density at radius 2 is 1.37 bits per heavy atom. The SMILES string of the molecule is FC(F)C(F)(F)CCC12CC3CC(CC(C3)C1)C2.[Na]. The van der Waals surface area contributed by atoms with E-state index in [0.29, 0.717) is 24.2 Å². The van der Waals surface area contributed by atoms with Crippen LogP contribution in [0.15, 0.2) is 0 Å².